The number of hydrogen-bond acceptors (Lipinski definition) is 2. The van der Waals surface area contributed by atoms with Gasteiger partial charge >= 0.3 is 0 Å². The van der Waals surface area contributed by atoms with E-state index in [1.807, 2.05) is 23.1 Å². The molecule has 1 saturated heterocycles. The Morgan fingerprint density at radius 2 is 1.83 bits per heavy atom. The molecule has 2 rings (SSSR count). The van der Waals surface area contributed by atoms with E-state index in [-0.39, 0.29) is 11.7 Å². The predicted molar refractivity (Wildman–Crippen MR) is 70.1 cm³/mol. The lowest BCUT2D eigenvalue weighted by Crippen LogP contribution is -2.51. The molecule has 0 saturated carbocycles. The van der Waals surface area contributed by atoms with Crippen molar-refractivity contribution < 1.29 is 9.59 Å². The smallest absolute Gasteiger partial charge is 0.235 e. The number of ketones is 1. The van der Waals surface area contributed by atoms with Crippen LogP contribution in [0.5, 0.6) is 0 Å². The van der Waals surface area contributed by atoms with Gasteiger partial charge in [0.25, 0.3) is 0 Å². The normalized spacial score (nSPS) is 19.1. The van der Waals surface area contributed by atoms with Crippen molar-refractivity contribution in [2.24, 2.45) is 5.41 Å². The molecule has 1 aliphatic heterocycles. The molecule has 3 heteroatoms. The molecular formula is C15H19NO2. The molecule has 0 bridgehead atoms. The van der Waals surface area contributed by atoms with Gasteiger partial charge < -0.3 is 4.90 Å². The molecule has 3 nitrogen and oxygen atoms in total. The third-order valence-corrected chi connectivity index (χ3v) is 3.64. The second kappa shape index (κ2) is 4.92. The highest BCUT2D eigenvalue weighted by molar-refractivity contribution is 6.07. The summed E-state index contributed by atoms with van der Waals surface area (Å²) in [4.78, 5) is 25.7. The van der Waals surface area contributed by atoms with Crippen LogP contribution in [0.1, 0.15) is 25.8 Å². The van der Waals surface area contributed by atoms with Crippen LogP contribution in [0.25, 0.3) is 0 Å². The van der Waals surface area contributed by atoms with Crippen molar-refractivity contribution in [2.75, 3.05) is 13.1 Å². The lowest BCUT2D eigenvalue weighted by molar-refractivity contribution is -0.152. The molecule has 0 N–H and O–H groups in total. The molecule has 0 radical (unpaired) electrons. The standard InChI is InChI=1S/C15H19NO2/c1-15(2)13(17)9-11-16(14(15)18)10-8-12-6-4-3-5-7-12/h3-7H,8-11H2,1-2H3. The topological polar surface area (TPSA) is 37.4 Å². The first kappa shape index (κ1) is 12.8. The first-order valence-electron chi connectivity index (χ1n) is 6.38. The number of hydrogen-bond donors (Lipinski definition) is 0. The first-order chi connectivity index (χ1) is 8.51. The largest absolute Gasteiger partial charge is 0.341 e. The van der Waals surface area contributed by atoms with E-state index in [1.165, 1.54) is 5.56 Å². The Bertz CT molecular complexity index is 451. The number of rotatable bonds is 3. The first-order valence-corrected chi connectivity index (χ1v) is 6.38. The average Bonchev–Trinajstić information content (AvgIpc) is 2.37. The highest BCUT2D eigenvalue weighted by atomic mass is 16.2. The summed E-state index contributed by atoms with van der Waals surface area (Å²) in [6, 6.07) is 10.1. The van der Waals surface area contributed by atoms with Crippen LogP contribution in [-0.4, -0.2) is 29.7 Å². The van der Waals surface area contributed by atoms with Crippen LogP contribution >= 0.6 is 0 Å². The Morgan fingerprint density at radius 1 is 1.17 bits per heavy atom. The summed E-state index contributed by atoms with van der Waals surface area (Å²) in [5.74, 6) is 0.0261. The van der Waals surface area contributed by atoms with Gasteiger partial charge in [0.1, 0.15) is 11.2 Å². The average molecular weight is 245 g/mol. The molecule has 0 spiro atoms. The van der Waals surface area contributed by atoms with Gasteiger partial charge in [-0.3, -0.25) is 9.59 Å². The minimum atomic E-state index is -0.838. The maximum atomic E-state index is 12.2. The van der Waals surface area contributed by atoms with Gasteiger partial charge in [0.2, 0.25) is 5.91 Å². The van der Waals surface area contributed by atoms with Crippen molar-refractivity contribution >= 4 is 11.7 Å². The molecule has 96 valence electrons. The van der Waals surface area contributed by atoms with Crippen LogP contribution < -0.4 is 0 Å². The molecule has 0 unspecified atom stereocenters. The number of Topliss-reactive ketones (excluding diaryl/α,β-unsaturated/α-hetero) is 1. The van der Waals surface area contributed by atoms with Crippen molar-refractivity contribution in [2.45, 2.75) is 26.7 Å². The molecule has 18 heavy (non-hydrogen) atoms. The monoisotopic (exact) mass is 245 g/mol. The van der Waals surface area contributed by atoms with Crippen LogP contribution in [-0.2, 0) is 16.0 Å². The minimum absolute atomic E-state index is 0.0327. The highest BCUT2D eigenvalue weighted by Crippen LogP contribution is 2.26. The van der Waals surface area contributed by atoms with Crippen LogP contribution in [0, 0.1) is 5.41 Å². The van der Waals surface area contributed by atoms with E-state index in [1.54, 1.807) is 13.8 Å². The third-order valence-electron chi connectivity index (χ3n) is 3.64. The molecule has 1 aromatic carbocycles. The van der Waals surface area contributed by atoms with Gasteiger partial charge in [-0.05, 0) is 25.8 Å². The number of benzene rings is 1. The van der Waals surface area contributed by atoms with Gasteiger partial charge in [-0.25, -0.2) is 0 Å². The quantitative estimate of drug-likeness (QED) is 0.764. The van der Waals surface area contributed by atoms with Crippen LogP contribution in [0.4, 0.5) is 0 Å². The molecule has 0 aliphatic carbocycles. The van der Waals surface area contributed by atoms with E-state index in [9.17, 15) is 9.59 Å². The van der Waals surface area contributed by atoms with Crippen LogP contribution in [0.3, 0.4) is 0 Å². The summed E-state index contributed by atoms with van der Waals surface area (Å²) >= 11 is 0. The third kappa shape index (κ3) is 2.45. The Kier molecular flexibility index (Phi) is 3.50. The number of nitrogens with zero attached hydrogens (tertiary/aromatic N) is 1. The highest BCUT2D eigenvalue weighted by Gasteiger charge is 2.42. The molecule has 0 aromatic heterocycles. The van der Waals surface area contributed by atoms with E-state index in [4.69, 9.17) is 0 Å². The fourth-order valence-corrected chi connectivity index (χ4v) is 2.29. The second-order valence-electron chi connectivity index (χ2n) is 5.33. The maximum absolute atomic E-state index is 12.2. The van der Waals surface area contributed by atoms with Crippen molar-refractivity contribution in [3.8, 4) is 0 Å². The summed E-state index contributed by atoms with van der Waals surface area (Å²) in [7, 11) is 0. The van der Waals surface area contributed by atoms with Crippen molar-refractivity contribution in [3.63, 3.8) is 0 Å². The van der Waals surface area contributed by atoms with E-state index in [0.29, 0.717) is 19.5 Å². The molecule has 1 aliphatic rings. The zero-order chi connectivity index (χ0) is 13.2. The predicted octanol–water partition coefficient (Wildman–Crippen LogP) is 2.06. The van der Waals surface area contributed by atoms with Crippen LogP contribution in [0.15, 0.2) is 30.3 Å². The van der Waals surface area contributed by atoms with Crippen molar-refractivity contribution in [3.05, 3.63) is 35.9 Å². The van der Waals surface area contributed by atoms with E-state index in [2.05, 4.69) is 12.1 Å². The van der Waals surface area contributed by atoms with Crippen molar-refractivity contribution in [1.29, 1.82) is 0 Å². The fraction of sp³-hybridized carbons (Fsp3) is 0.467. The molecule has 0 atom stereocenters. The Balaban J connectivity index is 1.99. The second-order valence-corrected chi connectivity index (χ2v) is 5.33. The molecule has 1 fully saturated rings. The van der Waals surface area contributed by atoms with Gasteiger partial charge in [0, 0.05) is 19.5 Å². The molecule has 1 amide bonds. The van der Waals surface area contributed by atoms with E-state index < -0.39 is 5.41 Å². The molecule has 1 heterocycles. The Hall–Kier alpha value is -1.64. The van der Waals surface area contributed by atoms with E-state index >= 15 is 0 Å². The van der Waals surface area contributed by atoms with Gasteiger partial charge in [-0.15, -0.1) is 0 Å². The summed E-state index contributed by atoms with van der Waals surface area (Å²) in [6.45, 7) is 4.71. The van der Waals surface area contributed by atoms with Gasteiger partial charge in [-0.2, -0.15) is 0 Å². The number of piperidine rings is 1. The number of carbonyl (C=O) groups excluding carboxylic acids is 2. The summed E-state index contributed by atoms with van der Waals surface area (Å²) in [6.07, 6.45) is 1.32. The van der Waals surface area contributed by atoms with Gasteiger partial charge in [0.15, 0.2) is 0 Å². The Morgan fingerprint density at radius 3 is 2.50 bits per heavy atom. The zero-order valence-electron chi connectivity index (χ0n) is 11.0. The fourth-order valence-electron chi connectivity index (χ4n) is 2.29. The molecular weight excluding hydrogens is 226 g/mol. The Labute approximate surface area is 108 Å². The molecule has 1 aromatic rings. The van der Waals surface area contributed by atoms with Crippen molar-refractivity contribution in [1.82, 2.24) is 4.90 Å². The van der Waals surface area contributed by atoms with Gasteiger partial charge in [0.05, 0.1) is 0 Å². The SMILES string of the molecule is CC1(C)C(=O)CCN(CCc2ccccc2)C1=O. The van der Waals surface area contributed by atoms with Gasteiger partial charge in [-0.1, -0.05) is 30.3 Å². The van der Waals surface area contributed by atoms with Crippen LogP contribution in [0.2, 0.25) is 0 Å². The lowest BCUT2D eigenvalue weighted by Gasteiger charge is -2.36. The maximum Gasteiger partial charge on any atom is 0.235 e. The lowest BCUT2D eigenvalue weighted by atomic mass is 9.81. The summed E-state index contributed by atoms with van der Waals surface area (Å²) < 4.78 is 0. The summed E-state index contributed by atoms with van der Waals surface area (Å²) in [5.41, 5.74) is 0.384. The zero-order valence-corrected chi connectivity index (χ0v) is 11.0. The number of amides is 1. The minimum Gasteiger partial charge on any atom is -0.341 e. The summed E-state index contributed by atoms with van der Waals surface area (Å²) in [5, 5.41) is 0. The number of carbonyl (C=O) groups is 2. The number of likely N-dealkylation sites (tertiary alicyclic amines) is 1. The van der Waals surface area contributed by atoms with E-state index in [0.717, 1.165) is 6.42 Å².